The van der Waals surface area contributed by atoms with Gasteiger partial charge >= 0.3 is 0 Å². The molecule has 0 aliphatic carbocycles. The lowest BCUT2D eigenvalue weighted by atomic mass is 10.0. The maximum atomic E-state index is 9.62. The van der Waals surface area contributed by atoms with E-state index in [1.165, 1.54) is 0 Å². The van der Waals surface area contributed by atoms with Crippen molar-refractivity contribution in [3.05, 3.63) is 53.9 Å². The zero-order valence-corrected chi connectivity index (χ0v) is 14.4. The zero-order valence-electron chi connectivity index (χ0n) is 14.4. The highest BCUT2D eigenvalue weighted by Crippen LogP contribution is 2.36. The molecule has 0 saturated carbocycles. The van der Waals surface area contributed by atoms with Gasteiger partial charge in [-0.2, -0.15) is 5.26 Å². The minimum atomic E-state index is 0.219. The maximum absolute atomic E-state index is 9.62. The number of nitrogens with two attached hydrogens (primary N) is 1. The van der Waals surface area contributed by atoms with Crippen LogP contribution in [-0.4, -0.2) is 22.1 Å². The molecule has 0 amide bonds. The number of fused-ring (bicyclic) bond motifs is 1. The molecule has 0 aliphatic heterocycles. The van der Waals surface area contributed by atoms with Gasteiger partial charge < -0.3 is 20.4 Å². The number of benzene rings is 1. The summed E-state index contributed by atoms with van der Waals surface area (Å²) in [6, 6.07) is 11.9. The SMILES string of the molecule is COc1ccc2[nH]c(-c3cc(-c4cc[nH]c4)nc(N)c3C#N)c(C)c2c1. The summed E-state index contributed by atoms with van der Waals surface area (Å²) in [5.41, 5.74) is 11.7. The molecule has 0 atom stereocenters. The van der Waals surface area contributed by atoms with E-state index >= 15 is 0 Å². The van der Waals surface area contributed by atoms with Crippen LogP contribution in [0.15, 0.2) is 42.7 Å². The number of aryl methyl sites for hydroxylation is 1. The van der Waals surface area contributed by atoms with Crippen molar-refractivity contribution in [1.29, 1.82) is 5.26 Å². The predicted octanol–water partition coefficient (Wildman–Crippen LogP) is 4.00. The molecule has 0 radical (unpaired) electrons. The van der Waals surface area contributed by atoms with E-state index in [4.69, 9.17) is 10.5 Å². The van der Waals surface area contributed by atoms with Crippen LogP contribution in [0.25, 0.3) is 33.4 Å². The summed E-state index contributed by atoms with van der Waals surface area (Å²) < 4.78 is 5.32. The Bertz CT molecular complexity index is 1150. The highest BCUT2D eigenvalue weighted by Gasteiger charge is 2.18. The van der Waals surface area contributed by atoms with Gasteiger partial charge in [-0.15, -0.1) is 0 Å². The number of rotatable bonds is 3. The maximum Gasteiger partial charge on any atom is 0.142 e. The molecule has 0 spiro atoms. The quantitative estimate of drug-likeness (QED) is 0.523. The Morgan fingerprint density at radius 1 is 1.23 bits per heavy atom. The molecule has 6 nitrogen and oxygen atoms in total. The molecule has 4 rings (SSSR count). The minimum absolute atomic E-state index is 0.219. The van der Waals surface area contributed by atoms with Crippen molar-refractivity contribution in [2.24, 2.45) is 0 Å². The standard InChI is InChI=1S/C20H17N5O/c1-11-14-7-13(26-2)3-4-17(14)24-19(11)15-8-18(12-5-6-23-10-12)25-20(22)16(15)9-21/h3-8,10,23-24H,1-2H3,(H2,22,25). The van der Waals surface area contributed by atoms with Crippen LogP contribution in [0.2, 0.25) is 0 Å². The molecule has 6 heteroatoms. The Morgan fingerprint density at radius 2 is 2.08 bits per heavy atom. The predicted molar refractivity (Wildman–Crippen MR) is 102 cm³/mol. The van der Waals surface area contributed by atoms with Gasteiger partial charge in [-0.25, -0.2) is 4.98 Å². The summed E-state index contributed by atoms with van der Waals surface area (Å²) in [5, 5.41) is 10.7. The molecule has 3 aromatic heterocycles. The number of anilines is 1. The largest absolute Gasteiger partial charge is 0.497 e. The van der Waals surface area contributed by atoms with Gasteiger partial charge in [-0.3, -0.25) is 0 Å². The number of nitrogens with one attached hydrogen (secondary N) is 2. The number of ether oxygens (including phenoxy) is 1. The van der Waals surface area contributed by atoms with Gasteiger partial charge in [0, 0.05) is 34.4 Å². The van der Waals surface area contributed by atoms with Gasteiger partial charge in [-0.1, -0.05) is 0 Å². The number of H-pyrrole nitrogens is 2. The Kier molecular flexibility index (Phi) is 3.63. The average molecular weight is 343 g/mol. The number of nitrogens with zero attached hydrogens (tertiary/aromatic N) is 2. The average Bonchev–Trinajstić information content (AvgIpc) is 3.29. The highest BCUT2D eigenvalue weighted by molar-refractivity contribution is 5.93. The van der Waals surface area contributed by atoms with Gasteiger partial charge in [0.2, 0.25) is 0 Å². The van der Waals surface area contributed by atoms with Crippen molar-refractivity contribution in [2.45, 2.75) is 6.92 Å². The molecule has 128 valence electrons. The third-order valence-corrected chi connectivity index (χ3v) is 4.59. The molecule has 1 aromatic carbocycles. The van der Waals surface area contributed by atoms with Crippen LogP contribution < -0.4 is 10.5 Å². The minimum Gasteiger partial charge on any atom is -0.497 e. The second kappa shape index (κ2) is 5.97. The molecule has 0 unspecified atom stereocenters. The first-order valence-electron chi connectivity index (χ1n) is 8.13. The van der Waals surface area contributed by atoms with Gasteiger partial charge in [0.05, 0.1) is 18.5 Å². The van der Waals surface area contributed by atoms with Crippen LogP contribution in [-0.2, 0) is 0 Å². The molecule has 0 aliphatic rings. The molecule has 0 fully saturated rings. The number of hydrogen-bond donors (Lipinski definition) is 3. The van der Waals surface area contributed by atoms with Crippen molar-refractivity contribution < 1.29 is 4.74 Å². The molecule has 26 heavy (non-hydrogen) atoms. The summed E-state index contributed by atoms with van der Waals surface area (Å²) >= 11 is 0. The van der Waals surface area contributed by atoms with Crippen molar-refractivity contribution in [1.82, 2.24) is 15.0 Å². The van der Waals surface area contributed by atoms with Gasteiger partial charge in [0.15, 0.2) is 0 Å². The van der Waals surface area contributed by atoms with Gasteiger partial charge in [0.25, 0.3) is 0 Å². The smallest absolute Gasteiger partial charge is 0.142 e. The van der Waals surface area contributed by atoms with Crippen LogP contribution in [0.4, 0.5) is 5.82 Å². The third kappa shape index (κ3) is 2.38. The molecular formula is C20H17N5O. The van der Waals surface area contributed by atoms with E-state index in [0.29, 0.717) is 11.3 Å². The first kappa shape index (κ1) is 15.8. The van der Waals surface area contributed by atoms with E-state index in [2.05, 4.69) is 21.0 Å². The van der Waals surface area contributed by atoms with E-state index in [1.807, 2.05) is 49.6 Å². The zero-order chi connectivity index (χ0) is 18.3. The van der Waals surface area contributed by atoms with Gasteiger partial charge in [0.1, 0.15) is 23.2 Å². The number of aromatic nitrogens is 3. The number of nitriles is 1. The lowest BCUT2D eigenvalue weighted by Gasteiger charge is -2.09. The fourth-order valence-electron chi connectivity index (χ4n) is 3.21. The summed E-state index contributed by atoms with van der Waals surface area (Å²) in [7, 11) is 1.64. The van der Waals surface area contributed by atoms with E-state index in [0.717, 1.165) is 39.0 Å². The summed E-state index contributed by atoms with van der Waals surface area (Å²) in [6.07, 6.45) is 3.67. The highest BCUT2D eigenvalue weighted by atomic mass is 16.5. The molecule has 4 N–H and O–H groups in total. The number of hydrogen-bond acceptors (Lipinski definition) is 4. The van der Waals surface area contributed by atoms with Gasteiger partial charge in [-0.05, 0) is 42.8 Å². The number of aromatic amines is 2. The number of pyridine rings is 1. The summed E-state index contributed by atoms with van der Waals surface area (Å²) in [6.45, 7) is 2.02. The fraction of sp³-hybridized carbons (Fsp3) is 0.100. The second-order valence-electron chi connectivity index (χ2n) is 6.06. The Labute approximate surface area is 150 Å². The Morgan fingerprint density at radius 3 is 2.77 bits per heavy atom. The number of nitrogen functional groups attached to an aromatic ring is 1. The topological polar surface area (TPSA) is 104 Å². The van der Waals surface area contributed by atoms with Crippen molar-refractivity contribution in [3.8, 4) is 34.3 Å². The molecule has 0 bridgehead atoms. The summed E-state index contributed by atoms with van der Waals surface area (Å²) in [4.78, 5) is 10.8. The first-order chi connectivity index (χ1) is 12.6. The van der Waals surface area contributed by atoms with E-state index < -0.39 is 0 Å². The molecule has 3 heterocycles. The van der Waals surface area contributed by atoms with Crippen LogP contribution in [0.3, 0.4) is 0 Å². The normalized spacial score (nSPS) is 10.8. The third-order valence-electron chi connectivity index (χ3n) is 4.59. The second-order valence-corrected chi connectivity index (χ2v) is 6.06. The monoisotopic (exact) mass is 343 g/mol. The van der Waals surface area contributed by atoms with Crippen molar-refractivity contribution in [3.63, 3.8) is 0 Å². The van der Waals surface area contributed by atoms with Crippen LogP contribution in [0, 0.1) is 18.3 Å². The molecule has 4 aromatic rings. The Balaban J connectivity index is 1.99. The van der Waals surface area contributed by atoms with Crippen LogP contribution >= 0.6 is 0 Å². The first-order valence-corrected chi connectivity index (χ1v) is 8.13. The van der Waals surface area contributed by atoms with E-state index in [9.17, 15) is 5.26 Å². The van der Waals surface area contributed by atoms with E-state index in [1.54, 1.807) is 7.11 Å². The van der Waals surface area contributed by atoms with Crippen LogP contribution in [0.1, 0.15) is 11.1 Å². The van der Waals surface area contributed by atoms with E-state index in [-0.39, 0.29) is 5.82 Å². The molecular weight excluding hydrogens is 326 g/mol. The summed E-state index contributed by atoms with van der Waals surface area (Å²) in [5.74, 6) is 1.01. The number of methoxy groups -OCH3 is 1. The Hall–Kier alpha value is -3.72. The molecule has 0 saturated heterocycles. The lowest BCUT2D eigenvalue weighted by molar-refractivity contribution is 0.415. The van der Waals surface area contributed by atoms with Crippen molar-refractivity contribution in [2.75, 3.05) is 12.8 Å². The van der Waals surface area contributed by atoms with Crippen LogP contribution in [0.5, 0.6) is 5.75 Å². The van der Waals surface area contributed by atoms with Crippen molar-refractivity contribution >= 4 is 16.7 Å². The fourth-order valence-corrected chi connectivity index (χ4v) is 3.21. The lowest BCUT2D eigenvalue weighted by Crippen LogP contribution is -2.00.